The third-order valence-corrected chi connectivity index (χ3v) is 1.91. The molecule has 1 heterocycles. The van der Waals surface area contributed by atoms with Crippen LogP contribution in [0.15, 0.2) is 6.33 Å². The third-order valence-electron chi connectivity index (χ3n) is 1.91. The van der Waals surface area contributed by atoms with Gasteiger partial charge in [-0.25, -0.2) is 9.78 Å². The lowest BCUT2D eigenvalue weighted by atomic mass is 10.3. The van der Waals surface area contributed by atoms with Crippen LogP contribution in [-0.2, 0) is 0 Å². The molecule has 0 saturated heterocycles. The number of nitrogens with one attached hydrogen (secondary N) is 2. The number of aromatic nitrogens is 2. The monoisotopic (exact) mass is 226 g/mol. The van der Waals surface area contributed by atoms with E-state index >= 15 is 0 Å². The van der Waals surface area contributed by atoms with Gasteiger partial charge in [-0.05, 0) is 14.1 Å². The van der Waals surface area contributed by atoms with Gasteiger partial charge < -0.3 is 20.3 Å². The van der Waals surface area contributed by atoms with Crippen molar-refractivity contribution in [2.24, 2.45) is 0 Å². The molecular formula is C9H14N4O3. The molecule has 0 aliphatic rings. The van der Waals surface area contributed by atoms with Crippen molar-refractivity contribution in [3.05, 3.63) is 17.7 Å². The summed E-state index contributed by atoms with van der Waals surface area (Å²) in [7, 11) is 3.76. The molecule has 16 heavy (non-hydrogen) atoms. The molecule has 7 heteroatoms. The Kier molecular flexibility index (Phi) is 4.01. The third kappa shape index (κ3) is 3.06. The van der Waals surface area contributed by atoms with Crippen molar-refractivity contribution in [3.63, 3.8) is 0 Å². The van der Waals surface area contributed by atoms with Crippen molar-refractivity contribution in [1.29, 1.82) is 0 Å². The first-order chi connectivity index (χ1) is 7.52. The molecule has 0 fully saturated rings. The molecule has 1 rings (SSSR count). The number of H-pyrrole nitrogens is 1. The Labute approximate surface area is 92.5 Å². The number of hydrogen-bond acceptors (Lipinski definition) is 4. The van der Waals surface area contributed by atoms with Gasteiger partial charge >= 0.3 is 5.97 Å². The smallest absolute Gasteiger partial charge is 0.354 e. The molecule has 0 aliphatic carbocycles. The average molecular weight is 226 g/mol. The van der Waals surface area contributed by atoms with Crippen LogP contribution in [-0.4, -0.2) is 59.0 Å². The second-order valence-corrected chi connectivity index (χ2v) is 3.49. The maximum Gasteiger partial charge on any atom is 0.354 e. The van der Waals surface area contributed by atoms with Gasteiger partial charge in [0.25, 0.3) is 5.91 Å². The number of carbonyl (C=O) groups excluding carboxylic acids is 1. The number of likely N-dealkylation sites (N-methyl/N-ethyl adjacent to an activating group) is 1. The van der Waals surface area contributed by atoms with Crippen LogP contribution >= 0.6 is 0 Å². The Bertz CT molecular complexity index is 386. The highest BCUT2D eigenvalue weighted by Gasteiger charge is 2.18. The van der Waals surface area contributed by atoms with Gasteiger partial charge in [-0.3, -0.25) is 4.79 Å². The zero-order valence-electron chi connectivity index (χ0n) is 9.15. The highest BCUT2D eigenvalue weighted by molar-refractivity contribution is 6.02. The molecule has 0 atom stereocenters. The number of carboxylic acid groups (broad SMARTS) is 1. The molecule has 7 nitrogen and oxygen atoms in total. The van der Waals surface area contributed by atoms with Crippen molar-refractivity contribution in [3.8, 4) is 0 Å². The fraction of sp³-hybridized carbons (Fsp3) is 0.444. The molecule has 0 saturated carbocycles. The van der Waals surface area contributed by atoms with Gasteiger partial charge in [0.05, 0.1) is 6.33 Å². The second-order valence-electron chi connectivity index (χ2n) is 3.49. The minimum atomic E-state index is -1.20. The first kappa shape index (κ1) is 12.2. The number of hydrogen-bond donors (Lipinski definition) is 3. The van der Waals surface area contributed by atoms with Gasteiger partial charge in [0, 0.05) is 13.1 Å². The summed E-state index contributed by atoms with van der Waals surface area (Å²) in [5.41, 5.74) is -0.284. The van der Waals surface area contributed by atoms with Gasteiger partial charge in [0.2, 0.25) is 0 Å². The fourth-order valence-electron chi connectivity index (χ4n) is 1.11. The largest absolute Gasteiger partial charge is 0.477 e. The molecule has 0 spiro atoms. The first-order valence-corrected chi connectivity index (χ1v) is 4.72. The van der Waals surface area contributed by atoms with Crippen LogP contribution in [0.25, 0.3) is 0 Å². The Morgan fingerprint density at radius 3 is 2.81 bits per heavy atom. The number of amides is 1. The molecule has 0 bridgehead atoms. The van der Waals surface area contributed by atoms with Crippen molar-refractivity contribution in [1.82, 2.24) is 20.2 Å². The standard InChI is InChI=1S/C9H14N4O3/c1-13(2)4-3-10-8(14)6-7(9(15)16)12-5-11-6/h5H,3-4H2,1-2H3,(H,10,14)(H,11,12)(H,15,16). The number of aromatic amines is 1. The summed E-state index contributed by atoms with van der Waals surface area (Å²) in [6, 6.07) is 0. The average Bonchev–Trinajstić information content (AvgIpc) is 2.65. The van der Waals surface area contributed by atoms with Crippen molar-refractivity contribution in [2.45, 2.75) is 0 Å². The number of carboxylic acids is 1. The van der Waals surface area contributed by atoms with Gasteiger partial charge in [0.15, 0.2) is 11.4 Å². The van der Waals surface area contributed by atoms with Crippen LogP contribution in [0.4, 0.5) is 0 Å². The van der Waals surface area contributed by atoms with E-state index in [1.807, 2.05) is 19.0 Å². The Morgan fingerprint density at radius 1 is 1.56 bits per heavy atom. The highest BCUT2D eigenvalue weighted by atomic mass is 16.4. The predicted molar refractivity (Wildman–Crippen MR) is 56.4 cm³/mol. The quantitative estimate of drug-likeness (QED) is 0.622. The minimum Gasteiger partial charge on any atom is -0.477 e. The number of carbonyl (C=O) groups is 2. The SMILES string of the molecule is CN(C)CCNC(=O)c1nc[nH]c1C(=O)O. The molecule has 0 radical (unpaired) electrons. The highest BCUT2D eigenvalue weighted by Crippen LogP contribution is 2.01. The molecule has 1 aromatic rings. The van der Waals surface area contributed by atoms with Crippen LogP contribution in [0.5, 0.6) is 0 Å². The summed E-state index contributed by atoms with van der Waals surface area (Å²) in [6.45, 7) is 1.12. The Hall–Kier alpha value is -1.89. The zero-order valence-corrected chi connectivity index (χ0v) is 9.15. The van der Waals surface area contributed by atoms with E-state index in [0.29, 0.717) is 13.1 Å². The number of aromatic carboxylic acids is 1. The maximum atomic E-state index is 11.5. The Balaban J connectivity index is 2.59. The van der Waals surface area contributed by atoms with E-state index < -0.39 is 11.9 Å². The zero-order chi connectivity index (χ0) is 12.1. The molecule has 3 N–H and O–H groups in total. The maximum absolute atomic E-state index is 11.5. The van der Waals surface area contributed by atoms with E-state index in [0.717, 1.165) is 0 Å². The van der Waals surface area contributed by atoms with Crippen LogP contribution in [0, 0.1) is 0 Å². The van der Waals surface area contributed by atoms with Gasteiger partial charge in [-0.2, -0.15) is 0 Å². The van der Waals surface area contributed by atoms with Gasteiger partial charge in [0.1, 0.15) is 0 Å². The van der Waals surface area contributed by atoms with Crippen LogP contribution in [0.2, 0.25) is 0 Å². The van der Waals surface area contributed by atoms with Crippen LogP contribution < -0.4 is 5.32 Å². The molecule has 0 aromatic carbocycles. The van der Waals surface area contributed by atoms with E-state index in [1.165, 1.54) is 6.33 Å². The number of imidazole rings is 1. The Morgan fingerprint density at radius 2 is 2.25 bits per heavy atom. The van der Waals surface area contributed by atoms with Crippen molar-refractivity contribution >= 4 is 11.9 Å². The van der Waals surface area contributed by atoms with Crippen molar-refractivity contribution < 1.29 is 14.7 Å². The van der Waals surface area contributed by atoms with Crippen LogP contribution in [0.1, 0.15) is 21.0 Å². The number of nitrogens with zero attached hydrogens (tertiary/aromatic N) is 2. The van der Waals surface area contributed by atoms with E-state index in [1.54, 1.807) is 0 Å². The second kappa shape index (κ2) is 5.26. The minimum absolute atomic E-state index is 0.0914. The molecule has 88 valence electrons. The molecular weight excluding hydrogens is 212 g/mol. The summed E-state index contributed by atoms with van der Waals surface area (Å²) < 4.78 is 0. The van der Waals surface area contributed by atoms with Crippen LogP contribution in [0.3, 0.4) is 0 Å². The molecule has 0 aliphatic heterocycles. The van der Waals surface area contributed by atoms with E-state index in [2.05, 4.69) is 15.3 Å². The predicted octanol–water partition coefficient (Wildman–Crippen LogP) is -0.601. The van der Waals surface area contributed by atoms with Gasteiger partial charge in [-0.15, -0.1) is 0 Å². The summed E-state index contributed by atoms with van der Waals surface area (Å²) in [5, 5.41) is 11.3. The molecule has 0 unspecified atom stereocenters. The fourth-order valence-corrected chi connectivity index (χ4v) is 1.11. The van der Waals surface area contributed by atoms with Gasteiger partial charge in [-0.1, -0.05) is 0 Å². The molecule has 1 aromatic heterocycles. The summed E-state index contributed by atoms with van der Waals surface area (Å²) in [5.74, 6) is -1.68. The van der Waals surface area contributed by atoms with E-state index in [-0.39, 0.29) is 11.4 Å². The van der Waals surface area contributed by atoms with E-state index in [9.17, 15) is 9.59 Å². The summed E-state index contributed by atoms with van der Waals surface area (Å²) in [4.78, 5) is 30.2. The number of rotatable bonds is 5. The lowest BCUT2D eigenvalue weighted by molar-refractivity contribution is 0.0685. The van der Waals surface area contributed by atoms with E-state index in [4.69, 9.17) is 5.11 Å². The first-order valence-electron chi connectivity index (χ1n) is 4.72. The van der Waals surface area contributed by atoms with Crippen molar-refractivity contribution in [2.75, 3.05) is 27.2 Å². The topological polar surface area (TPSA) is 98.3 Å². The normalized spacial score (nSPS) is 10.4. The lowest BCUT2D eigenvalue weighted by Gasteiger charge is -2.09. The molecule has 1 amide bonds. The summed E-state index contributed by atoms with van der Waals surface area (Å²) >= 11 is 0. The summed E-state index contributed by atoms with van der Waals surface area (Å²) in [6.07, 6.45) is 1.18. The lowest BCUT2D eigenvalue weighted by Crippen LogP contribution is -2.32.